The molecule has 0 bridgehead atoms. The maximum absolute atomic E-state index is 11.6. The van der Waals surface area contributed by atoms with E-state index in [-0.39, 0.29) is 11.8 Å². The van der Waals surface area contributed by atoms with Crippen LogP contribution < -0.4 is 5.32 Å². The van der Waals surface area contributed by atoms with Gasteiger partial charge in [0.2, 0.25) is 5.91 Å². The van der Waals surface area contributed by atoms with E-state index in [1.807, 2.05) is 0 Å². The monoisotopic (exact) mass is 211 g/mol. The Kier molecular flexibility index (Phi) is 4.34. The van der Waals surface area contributed by atoms with Crippen LogP contribution in [0.4, 0.5) is 0 Å². The summed E-state index contributed by atoms with van der Waals surface area (Å²) in [6, 6.07) is 0. The molecule has 0 radical (unpaired) electrons. The highest BCUT2D eigenvalue weighted by atomic mass is 16.4. The summed E-state index contributed by atoms with van der Waals surface area (Å²) in [5, 5.41) is 11.6. The van der Waals surface area contributed by atoms with Gasteiger partial charge in [-0.3, -0.25) is 9.59 Å². The highest BCUT2D eigenvalue weighted by molar-refractivity contribution is 5.85. The van der Waals surface area contributed by atoms with E-state index in [1.54, 1.807) is 6.08 Å². The third-order valence-corrected chi connectivity index (χ3v) is 2.82. The minimum absolute atomic E-state index is 0.123. The molecule has 0 unspecified atom stereocenters. The third kappa shape index (κ3) is 3.08. The number of carboxylic acid groups (broad SMARTS) is 1. The standard InChI is InChI=1S/C11H17NO3/c1-2-3-7-12-10(13)8-5-4-6-9(8)11(14)15/h2,8-9H,1,3-7H2,(H,12,13)(H,14,15)/t8-,9+/m1/s1. The molecule has 4 nitrogen and oxygen atoms in total. The van der Waals surface area contributed by atoms with Crippen LogP contribution in [0.25, 0.3) is 0 Å². The first-order valence-corrected chi connectivity index (χ1v) is 5.28. The first kappa shape index (κ1) is 11.8. The molecule has 0 aromatic heterocycles. The molecule has 15 heavy (non-hydrogen) atoms. The number of carbonyl (C=O) groups excluding carboxylic acids is 1. The Labute approximate surface area is 89.4 Å². The van der Waals surface area contributed by atoms with Gasteiger partial charge < -0.3 is 10.4 Å². The van der Waals surface area contributed by atoms with Crippen molar-refractivity contribution >= 4 is 11.9 Å². The second-order valence-corrected chi connectivity index (χ2v) is 3.85. The second-order valence-electron chi connectivity index (χ2n) is 3.85. The van der Waals surface area contributed by atoms with E-state index in [0.29, 0.717) is 19.4 Å². The molecule has 0 spiro atoms. The third-order valence-electron chi connectivity index (χ3n) is 2.82. The van der Waals surface area contributed by atoms with Crippen LogP contribution in [0.15, 0.2) is 12.7 Å². The number of hydrogen-bond acceptors (Lipinski definition) is 2. The van der Waals surface area contributed by atoms with Crippen molar-refractivity contribution in [1.29, 1.82) is 0 Å². The lowest BCUT2D eigenvalue weighted by Crippen LogP contribution is -2.35. The Bertz CT molecular complexity index is 263. The van der Waals surface area contributed by atoms with Gasteiger partial charge in [-0.25, -0.2) is 0 Å². The minimum Gasteiger partial charge on any atom is -0.481 e. The van der Waals surface area contributed by atoms with Crippen molar-refractivity contribution in [3.63, 3.8) is 0 Å². The fraction of sp³-hybridized carbons (Fsp3) is 0.636. The van der Waals surface area contributed by atoms with Crippen molar-refractivity contribution in [1.82, 2.24) is 5.32 Å². The van der Waals surface area contributed by atoms with E-state index in [2.05, 4.69) is 11.9 Å². The van der Waals surface area contributed by atoms with Crippen LogP contribution in [0.3, 0.4) is 0 Å². The van der Waals surface area contributed by atoms with Gasteiger partial charge in [-0.1, -0.05) is 12.5 Å². The van der Waals surface area contributed by atoms with E-state index in [1.165, 1.54) is 0 Å². The van der Waals surface area contributed by atoms with E-state index < -0.39 is 11.9 Å². The number of carbonyl (C=O) groups is 2. The van der Waals surface area contributed by atoms with Gasteiger partial charge in [0.25, 0.3) is 0 Å². The molecular weight excluding hydrogens is 194 g/mol. The highest BCUT2D eigenvalue weighted by Crippen LogP contribution is 2.31. The molecule has 0 heterocycles. The summed E-state index contributed by atoms with van der Waals surface area (Å²) >= 11 is 0. The zero-order chi connectivity index (χ0) is 11.3. The van der Waals surface area contributed by atoms with Crippen LogP contribution in [-0.4, -0.2) is 23.5 Å². The first-order chi connectivity index (χ1) is 7.16. The van der Waals surface area contributed by atoms with Gasteiger partial charge in [-0.15, -0.1) is 6.58 Å². The van der Waals surface area contributed by atoms with Crippen molar-refractivity contribution in [2.24, 2.45) is 11.8 Å². The van der Waals surface area contributed by atoms with Crippen molar-refractivity contribution in [3.05, 3.63) is 12.7 Å². The quantitative estimate of drug-likeness (QED) is 0.530. The minimum atomic E-state index is -0.851. The molecule has 0 saturated heterocycles. The Hall–Kier alpha value is -1.32. The summed E-state index contributed by atoms with van der Waals surface area (Å²) in [6.45, 7) is 4.10. The van der Waals surface area contributed by atoms with Gasteiger partial charge in [-0.05, 0) is 19.3 Å². The van der Waals surface area contributed by atoms with Gasteiger partial charge in [0.15, 0.2) is 0 Å². The average molecular weight is 211 g/mol. The summed E-state index contributed by atoms with van der Waals surface area (Å²) in [4.78, 5) is 22.5. The molecule has 0 aromatic rings. The zero-order valence-corrected chi connectivity index (χ0v) is 8.74. The molecule has 2 N–H and O–H groups in total. The number of nitrogens with one attached hydrogen (secondary N) is 1. The van der Waals surface area contributed by atoms with Crippen LogP contribution in [0.1, 0.15) is 25.7 Å². The maximum Gasteiger partial charge on any atom is 0.307 e. The Balaban J connectivity index is 2.43. The molecule has 1 aliphatic rings. The van der Waals surface area contributed by atoms with Crippen LogP contribution >= 0.6 is 0 Å². The first-order valence-electron chi connectivity index (χ1n) is 5.28. The molecule has 1 rings (SSSR count). The SMILES string of the molecule is C=CCCNC(=O)[C@@H]1CCC[C@@H]1C(=O)O. The number of aliphatic carboxylic acids is 1. The fourth-order valence-corrected chi connectivity index (χ4v) is 2.00. The summed E-state index contributed by atoms with van der Waals surface area (Å²) in [5.74, 6) is -1.81. The molecule has 84 valence electrons. The summed E-state index contributed by atoms with van der Waals surface area (Å²) in [5.41, 5.74) is 0. The summed E-state index contributed by atoms with van der Waals surface area (Å²) < 4.78 is 0. The molecule has 1 amide bonds. The number of rotatable bonds is 5. The predicted octanol–water partition coefficient (Wildman–Crippen LogP) is 1.18. The molecule has 1 saturated carbocycles. The zero-order valence-electron chi connectivity index (χ0n) is 8.74. The summed E-state index contributed by atoms with van der Waals surface area (Å²) in [6.07, 6.45) is 4.59. The second kappa shape index (κ2) is 5.53. The Morgan fingerprint density at radius 3 is 2.67 bits per heavy atom. The van der Waals surface area contributed by atoms with Gasteiger partial charge in [-0.2, -0.15) is 0 Å². The van der Waals surface area contributed by atoms with Gasteiger partial charge in [0.05, 0.1) is 11.8 Å². The Morgan fingerprint density at radius 1 is 1.40 bits per heavy atom. The summed E-state index contributed by atoms with van der Waals surface area (Å²) in [7, 11) is 0. The lowest BCUT2D eigenvalue weighted by Gasteiger charge is -2.14. The van der Waals surface area contributed by atoms with Gasteiger partial charge >= 0.3 is 5.97 Å². The van der Waals surface area contributed by atoms with Crippen LogP contribution in [0.2, 0.25) is 0 Å². The molecule has 1 fully saturated rings. The van der Waals surface area contributed by atoms with E-state index >= 15 is 0 Å². The smallest absolute Gasteiger partial charge is 0.307 e. The lowest BCUT2D eigenvalue weighted by atomic mass is 9.95. The molecule has 4 heteroatoms. The van der Waals surface area contributed by atoms with E-state index in [9.17, 15) is 9.59 Å². The number of carboxylic acids is 1. The molecular formula is C11H17NO3. The average Bonchev–Trinajstić information content (AvgIpc) is 2.66. The molecule has 2 atom stereocenters. The van der Waals surface area contributed by atoms with Crippen molar-refractivity contribution < 1.29 is 14.7 Å². The number of amides is 1. The van der Waals surface area contributed by atoms with E-state index in [4.69, 9.17) is 5.11 Å². The predicted molar refractivity (Wildman–Crippen MR) is 56.3 cm³/mol. The molecule has 0 aliphatic heterocycles. The molecule has 0 aromatic carbocycles. The van der Waals surface area contributed by atoms with Gasteiger partial charge in [0.1, 0.15) is 0 Å². The van der Waals surface area contributed by atoms with Crippen molar-refractivity contribution in [2.75, 3.05) is 6.54 Å². The topological polar surface area (TPSA) is 66.4 Å². The number of hydrogen-bond donors (Lipinski definition) is 2. The van der Waals surface area contributed by atoms with E-state index in [0.717, 1.165) is 12.8 Å². The van der Waals surface area contributed by atoms with Crippen LogP contribution in [-0.2, 0) is 9.59 Å². The molecule has 1 aliphatic carbocycles. The van der Waals surface area contributed by atoms with Crippen LogP contribution in [0.5, 0.6) is 0 Å². The lowest BCUT2D eigenvalue weighted by molar-refractivity contribution is -0.146. The Morgan fingerprint density at radius 2 is 2.07 bits per heavy atom. The largest absolute Gasteiger partial charge is 0.481 e. The maximum atomic E-state index is 11.6. The van der Waals surface area contributed by atoms with Crippen molar-refractivity contribution in [2.45, 2.75) is 25.7 Å². The normalized spacial score (nSPS) is 24.8. The van der Waals surface area contributed by atoms with Crippen LogP contribution in [0, 0.1) is 11.8 Å². The van der Waals surface area contributed by atoms with Gasteiger partial charge in [0, 0.05) is 6.54 Å². The highest BCUT2D eigenvalue weighted by Gasteiger charge is 2.37. The van der Waals surface area contributed by atoms with Crippen molar-refractivity contribution in [3.8, 4) is 0 Å². The fourth-order valence-electron chi connectivity index (χ4n) is 2.00.